The van der Waals surface area contributed by atoms with Crippen LogP contribution < -0.4 is 5.73 Å². The van der Waals surface area contributed by atoms with Crippen LogP contribution in [0.25, 0.3) is 0 Å². The molecular formula is C14H30N2O. The summed E-state index contributed by atoms with van der Waals surface area (Å²) in [6, 6.07) is 0.286. The molecule has 0 spiro atoms. The molecule has 2 unspecified atom stereocenters. The third kappa shape index (κ3) is 5.07. The van der Waals surface area contributed by atoms with Gasteiger partial charge in [0.1, 0.15) is 0 Å². The van der Waals surface area contributed by atoms with E-state index in [0.717, 1.165) is 38.6 Å². The zero-order chi connectivity index (χ0) is 13.5. The van der Waals surface area contributed by atoms with Crippen LogP contribution in [0.3, 0.4) is 0 Å². The van der Waals surface area contributed by atoms with E-state index in [1.54, 1.807) is 0 Å². The van der Waals surface area contributed by atoms with E-state index in [0.29, 0.717) is 0 Å². The van der Waals surface area contributed by atoms with Gasteiger partial charge >= 0.3 is 0 Å². The molecule has 0 aliphatic heterocycles. The highest BCUT2D eigenvalue weighted by Crippen LogP contribution is 2.17. The Morgan fingerprint density at radius 1 is 1.29 bits per heavy atom. The van der Waals surface area contributed by atoms with Crippen LogP contribution in [0.5, 0.6) is 0 Å². The fourth-order valence-electron chi connectivity index (χ4n) is 2.03. The molecule has 0 bridgehead atoms. The number of unbranched alkanes of at least 4 members (excludes halogenated alkanes) is 1. The molecule has 0 radical (unpaired) electrons. The summed E-state index contributed by atoms with van der Waals surface area (Å²) in [5.74, 6) is 0.113. The number of nitrogens with zero attached hydrogens (tertiary/aromatic N) is 1. The van der Waals surface area contributed by atoms with Crippen LogP contribution >= 0.6 is 0 Å². The standard InChI is InChI=1S/C14H30N2O/c1-6-9-11-16(12(4)8-3)13(17)14(5,15)10-7-2/h12H,6-11,15H2,1-5H3. The van der Waals surface area contributed by atoms with Gasteiger partial charge < -0.3 is 10.6 Å². The fraction of sp³-hybridized carbons (Fsp3) is 0.929. The number of amides is 1. The van der Waals surface area contributed by atoms with Gasteiger partial charge in [-0.25, -0.2) is 0 Å². The number of hydrogen-bond donors (Lipinski definition) is 1. The van der Waals surface area contributed by atoms with Crippen molar-refractivity contribution in [1.29, 1.82) is 0 Å². The Kier molecular flexibility index (Phi) is 7.44. The van der Waals surface area contributed by atoms with Crippen LogP contribution in [-0.2, 0) is 4.79 Å². The van der Waals surface area contributed by atoms with Crippen LogP contribution in [0.15, 0.2) is 0 Å². The Morgan fingerprint density at radius 3 is 2.29 bits per heavy atom. The van der Waals surface area contributed by atoms with E-state index in [9.17, 15) is 4.79 Å². The Bertz CT molecular complexity index is 226. The average Bonchev–Trinajstić information content (AvgIpc) is 2.28. The number of rotatable bonds is 8. The normalized spacial score (nSPS) is 16.4. The van der Waals surface area contributed by atoms with Gasteiger partial charge in [0, 0.05) is 12.6 Å². The quantitative estimate of drug-likeness (QED) is 0.711. The zero-order valence-corrected chi connectivity index (χ0v) is 12.3. The van der Waals surface area contributed by atoms with E-state index in [1.165, 1.54) is 0 Å². The molecule has 17 heavy (non-hydrogen) atoms. The first-order chi connectivity index (χ1) is 7.90. The van der Waals surface area contributed by atoms with E-state index < -0.39 is 5.54 Å². The SMILES string of the molecule is CCCCN(C(=O)C(C)(N)CCC)C(C)CC. The summed E-state index contributed by atoms with van der Waals surface area (Å²) >= 11 is 0. The van der Waals surface area contributed by atoms with Crippen molar-refractivity contribution in [2.45, 2.75) is 78.3 Å². The molecule has 2 N–H and O–H groups in total. The smallest absolute Gasteiger partial charge is 0.242 e. The van der Waals surface area contributed by atoms with Crippen molar-refractivity contribution >= 4 is 5.91 Å². The lowest BCUT2D eigenvalue weighted by atomic mass is 9.94. The van der Waals surface area contributed by atoms with E-state index in [-0.39, 0.29) is 11.9 Å². The van der Waals surface area contributed by atoms with Crippen molar-refractivity contribution in [3.63, 3.8) is 0 Å². The molecule has 1 amide bonds. The second kappa shape index (κ2) is 7.70. The van der Waals surface area contributed by atoms with Crippen molar-refractivity contribution < 1.29 is 4.79 Å². The number of carbonyl (C=O) groups excluding carboxylic acids is 1. The lowest BCUT2D eigenvalue weighted by Gasteiger charge is -2.35. The van der Waals surface area contributed by atoms with E-state index >= 15 is 0 Å². The number of nitrogens with two attached hydrogens (primary N) is 1. The molecule has 0 rings (SSSR count). The maximum atomic E-state index is 12.5. The van der Waals surface area contributed by atoms with Crippen LogP contribution in [0.2, 0.25) is 0 Å². The molecule has 2 atom stereocenters. The molecule has 0 saturated carbocycles. The predicted molar refractivity (Wildman–Crippen MR) is 73.9 cm³/mol. The topological polar surface area (TPSA) is 46.3 Å². The van der Waals surface area contributed by atoms with Crippen LogP contribution in [0.4, 0.5) is 0 Å². The van der Waals surface area contributed by atoms with Gasteiger partial charge in [-0.1, -0.05) is 33.6 Å². The minimum atomic E-state index is -0.702. The molecule has 0 heterocycles. The summed E-state index contributed by atoms with van der Waals surface area (Å²) in [7, 11) is 0. The van der Waals surface area contributed by atoms with E-state index in [1.807, 2.05) is 11.8 Å². The predicted octanol–water partition coefficient (Wildman–Crippen LogP) is 2.93. The van der Waals surface area contributed by atoms with Gasteiger partial charge in [0.25, 0.3) is 0 Å². The maximum Gasteiger partial charge on any atom is 0.242 e. The number of hydrogen-bond acceptors (Lipinski definition) is 2. The highest BCUT2D eigenvalue weighted by Gasteiger charge is 2.33. The first-order valence-corrected chi connectivity index (χ1v) is 7.00. The molecule has 0 aliphatic carbocycles. The lowest BCUT2D eigenvalue weighted by Crippen LogP contribution is -2.55. The molecule has 3 heteroatoms. The molecule has 102 valence electrons. The van der Waals surface area contributed by atoms with Gasteiger partial charge in [0.05, 0.1) is 5.54 Å². The number of carbonyl (C=O) groups is 1. The summed E-state index contributed by atoms with van der Waals surface area (Å²) in [4.78, 5) is 14.4. The molecule has 0 aromatic carbocycles. The third-order valence-corrected chi connectivity index (χ3v) is 3.39. The Hall–Kier alpha value is -0.570. The van der Waals surface area contributed by atoms with Gasteiger partial charge in [-0.3, -0.25) is 4.79 Å². The van der Waals surface area contributed by atoms with Crippen LogP contribution in [0, 0.1) is 0 Å². The van der Waals surface area contributed by atoms with Crippen LogP contribution in [-0.4, -0.2) is 28.9 Å². The first-order valence-electron chi connectivity index (χ1n) is 7.00. The van der Waals surface area contributed by atoms with Gasteiger partial charge in [-0.05, 0) is 33.1 Å². The highest BCUT2D eigenvalue weighted by molar-refractivity contribution is 5.85. The summed E-state index contributed by atoms with van der Waals surface area (Å²) < 4.78 is 0. The molecule has 3 nitrogen and oxygen atoms in total. The van der Waals surface area contributed by atoms with Gasteiger partial charge in [-0.2, -0.15) is 0 Å². The minimum absolute atomic E-state index is 0.113. The second-order valence-corrected chi connectivity index (χ2v) is 5.28. The monoisotopic (exact) mass is 242 g/mol. The summed E-state index contributed by atoms with van der Waals surface area (Å²) in [6.45, 7) is 11.1. The van der Waals surface area contributed by atoms with E-state index in [2.05, 4.69) is 27.7 Å². The fourth-order valence-corrected chi connectivity index (χ4v) is 2.03. The molecule has 0 aliphatic rings. The van der Waals surface area contributed by atoms with Gasteiger partial charge in [0.15, 0.2) is 0 Å². The van der Waals surface area contributed by atoms with Gasteiger partial charge in [0.2, 0.25) is 5.91 Å². The van der Waals surface area contributed by atoms with Gasteiger partial charge in [-0.15, -0.1) is 0 Å². The summed E-state index contributed by atoms with van der Waals surface area (Å²) in [5.41, 5.74) is 5.44. The first kappa shape index (κ1) is 16.4. The molecule has 0 saturated heterocycles. The maximum absolute atomic E-state index is 12.5. The summed E-state index contributed by atoms with van der Waals surface area (Å²) in [6.07, 6.45) is 4.84. The Morgan fingerprint density at radius 2 is 1.88 bits per heavy atom. The second-order valence-electron chi connectivity index (χ2n) is 5.28. The van der Waals surface area contributed by atoms with Crippen molar-refractivity contribution in [3.05, 3.63) is 0 Å². The molecule has 0 aromatic heterocycles. The van der Waals surface area contributed by atoms with Crippen molar-refractivity contribution in [2.75, 3.05) is 6.54 Å². The minimum Gasteiger partial charge on any atom is -0.338 e. The largest absolute Gasteiger partial charge is 0.338 e. The molecule has 0 fully saturated rings. The Labute approximate surface area is 107 Å². The lowest BCUT2D eigenvalue weighted by molar-refractivity contribution is -0.139. The molecule has 0 aromatic rings. The van der Waals surface area contributed by atoms with Crippen molar-refractivity contribution in [1.82, 2.24) is 4.90 Å². The summed E-state index contributed by atoms with van der Waals surface area (Å²) in [5, 5.41) is 0. The highest BCUT2D eigenvalue weighted by atomic mass is 16.2. The van der Waals surface area contributed by atoms with Crippen molar-refractivity contribution in [2.24, 2.45) is 5.73 Å². The average molecular weight is 242 g/mol. The van der Waals surface area contributed by atoms with Crippen molar-refractivity contribution in [3.8, 4) is 0 Å². The third-order valence-electron chi connectivity index (χ3n) is 3.39. The van der Waals surface area contributed by atoms with Crippen LogP contribution in [0.1, 0.15) is 66.7 Å². The van der Waals surface area contributed by atoms with E-state index in [4.69, 9.17) is 5.73 Å². The molecular weight excluding hydrogens is 212 g/mol. The Balaban J connectivity index is 4.72. The zero-order valence-electron chi connectivity index (χ0n) is 12.3.